The molecule has 1 fully saturated rings. The van der Waals surface area contributed by atoms with E-state index in [4.69, 9.17) is 16.3 Å². The fourth-order valence-corrected chi connectivity index (χ4v) is 5.55. The highest BCUT2D eigenvalue weighted by Crippen LogP contribution is 2.38. The first-order chi connectivity index (χ1) is 16.7. The van der Waals surface area contributed by atoms with Gasteiger partial charge >= 0.3 is 5.97 Å². The summed E-state index contributed by atoms with van der Waals surface area (Å²) in [7, 11) is 4.11. The monoisotopic (exact) mass is 504 g/mol. The van der Waals surface area contributed by atoms with Gasteiger partial charge in [0.15, 0.2) is 11.6 Å². The topological polar surface area (TPSA) is 61.8 Å². The highest BCUT2D eigenvalue weighted by Gasteiger charge is 2.39. The van der Waals surface area contributed by atoms with Crippen LogP contribution in [-0.2, 0) is 11.2 Å². The van der Waals surface area contributed by atoms with E-state index in [0.717, 1.165) is 48.2 Å². The van der Waals surface area contributed by atoms with Gasteiger partial charge in [0.1, 0.15) is 10.8 Å². The Kier molecular flexibility index (Phi) is 8.09. The Morgan fingerprint density at radius 1 is 1.14 bits per heavy atom. The maximum atomic E-state index is 13.8. The summed E-state index contributed by atoms with van der Waals surface area (Å²) in [4.78, 5) is 14.4. The van der Waals surface area contributed by atoms with Crippen molar-refractivity contribution in [3.05, 3.63) is 69.8 Å². The van der Waals surface area contributed by atoms with Crippen molar-refractivity contribution in [2.24, 2.45) is 5.92 Å². The molecule has 0 aliphatic carbocycles. The smallest absolute Gasteiger partial charge is 0.333 e. The summed E-state index contributed by atoms with van der Waals surface area (Å²) < 4.78 is 32.7. The Hall–Kier alpha value is -2.48. The van der Waals surface area contributed by atoms with Crippen molar-refractivity contribution < 1.29 is 23.4 Å². The van der Waals surface area contributed by atoms with Crippen LogP contribution in [0.5, 0.6) is 5.75 Å². The van der Waals surface area contributed by atoms with Gasteiger partial charge in [-0.05, 0) is 81.0 Å². The van der Waals surface area contributed by atoms with E-state index in [1.807, 2.05) is 24.3 Å². The SMILES string of the molecule is CN(C)CC1CC2N[C@H](CC(c3ccc(CCCOc4c(F)ccc(F)c4Cl)cc3)=C2C(=O)O)C1. The van der Waals surface area contributed by atoms with Crippen LogP contribution in [0.1, 0.15) is 36.8 Å². The lowest BCUT2D eigenvalue weighted by molar-refractivity contribution is -0.133. The van der Waals surface area contributed by atoms with Crippen molar-refractivity contribution >= 4 is 23.1 Å². The van der Waals surface area contributed by atoms with Crippen LogP contribution in [0, 0.1) is 17.6 Å². The molecule has 0 spiro atoms. The second-order valence-electron chi connectivity index (χ2n) is 9.74. The first-order valence-corrected chi connectivity index (χ1v) is 12.3. The molecule has 2 aliphatic rings. The zero-order valence-corrected chi connectivity index (χ0v) is 20.7. The first-order valence-electron chi connectivity index (χ1n) is 12.0. The molecule has 4 rings (SSSR count). The number of hydrogen-bond donors (Lipinski definition) is 2. The van der Waals surface area contributed by atoms with E-state index in [1.165, 1.54) is 0 Å². The fraction of sp³-hybridized carbons (Fsp3) is 0.444. The summed E-state index contributed by atoms with van der Waals surface area (Å²) in [6.45, 7) is 1.16. The second kappa shape index (κ2) is 11.1. The zero-order chi connectivity index (χ0) is 25.1. The molecule has 0 aromatic heterocycles. The number of hydrogen-bond acceptors (Lipinski definition) is 4. The Labute approximate surface area is 209 Å². The molecule has 2 heterocycles. The number of nitrogens with zero attached hydrogens (tertiary/aromatic N) is 1. The predicted molar refractivity (Wildman–Crippen MR) is 133 cm³/mol. The molecule has 3 atom stereocenters. The number of rotatable bonds is 9. The van der Waals surface area contributed by atoms with E-state index in [9.17, 15) is 18.7 Å². The second-order valence-corrected chi connectivity index (χ2v) is 10.1. The lowest BCUT2D eigenvalue weighted by Gasteiger charge is -2.42. The number of nitrogens with one attached hydrogen (secondary N) is 1. The number of piperidine rings is 1. The van der Waals surface area contributed by atoms with Crippen LogP contribution in [0.2, 0.25) is 5.02 Å². The molecule has 1 saturated heterocycles. The number of carbonyl (C=O) groups is 1. The van der Waals surface area contributed by atoms with Crippen LogP contribution >= 0.6 is 11.6 Å². The first kappa shape index (κ1) is 25.6. The zero-order valence-electron chi connectivity index (χ0n) is 20.0. The van der Waals surface area contributed by atoms with Crippen LogP contribution in [-0.4, -0.2) is 55.3 Å². The lowest BCUT2D eigenvalue weighted by atomic mass is 9.75. The average Bonchev–Trinajstić information content (AvgIpc) is 2.80. The van der Waals surface area contributed by atoms with Gasteiger partial charge < -0.3 is 20.1 Å². The Bertz CT molecular complexity index is 1100. The van der Waals surface area contributed by atoms with E-state index < -0.39 is 17.6 Å². The molecule has 0 radical (unpaired) electrons. The number of carboxylic acid groups (broad SMARTS) is 1. The molecule has 35 heavy (non-hydrogen) atoms. The quantitative estimate of drug-likeness (QED) is 0.364. The van der Waals surface area contributed by atoms with Crippen molar-refractivity contribution in [1.29, 1.82) is 0 Å². The van der Waals surface area contributed by atoms with Crippen LogP contribution in [0.25, 0.3) is 5.57 Å². The lowest BCUT2D eigenvalue weighted by Crippen LogP contribution is -2.52. The molecule has 2 aliphatic heterocycles. The van der Waals surface area contributed by atoms with Crippen LogP contribution in [0.15, 0.2) is 42.0 Å². The fourth-order valence-electron chi connectivity index (χ4n) is 5.34. The molecule has 2 N–H and O–H groups in total. The van der Waals surface area contributed by atoms with Crippen molar-refractivity contribution in [2.75, 3.05) is 27.2 Å². The van der Waals surface area contributed by atoms with Gasteiger partial charge in [-0.3, -0.25) is 0 Å². The molecular formula is C27H31ClF2N2O3. The van der Waals surface area contributed by atoms with Crippen molar-refractivity contribution in [1.82, 2.24) is 10.2 Å². The minimum Gasteiger partial charge on any atom is -0.489 e. The van der Waals surface area contributed by atoms with Crippen LogP contribution < -0.4 is 10.1 Å². The van der Waals surface area contributed by atoms with Gasteiger partial charge in [-0.2, -0.15) is 0 Å². The maximum Gasteiger partial charge on any atom is 0.333 e. The summed E-state index contributed by atoms with van der Waals surface area (Å²) in [6, 6.07) is 10.1. The Balaban J connectivity index is 1.40. The van der Waals surface area contributed by atoms with Crippen LogP contribution in [0.4, 0.5) is 8.78 Å². The number of ether oxygens (including phenoxy) is 1. The number of carboxylic acids is 1. The number of aryl methyl sites for hydroxylation is 1. The van der Waals surface area contributed by atoms with Gasteiger partial charge in [0.25, 0.3) is 0 Å². The number of aliphatic carboxylic acids is 1. The summed E-state index contributed by atoms with van der Waals surface area (Å²) in [5.41, 5.74) is 3.40. The standard InChI is InChI=1S/C27H31ClF2N2O3/c1-32(2)15-17-12-19-14-20(24(27(33)34)23(13-17)31-19)18-7-5-16(6-8-18)4-3-11-35-26-22(30)10-9-21(29)25(26)28/h5-10,17,19,23,31H,3-4,11-15H2,1-2H3,(H,33,34)/t17?,19-,23?/m0/s1. The summed E-state index contributed by atoms with van der Waals surface area (Å²) >= 11 is 5.79. The predicted octanol–water partition coefficient (Wildman–Crippen LogP) is 5.17. The van der Waals surface area contributed by atoms with Crippen molar-refractivity contribution in [3.63, 3.8) is 0 Å². The average molecular weight is 505 g/mol. The third-order valence-corrected chi connectivity index (χ3v) is 7.11. The molecule has 2 unspecified atom stereocenters. The van der Waals surface area contributed by atoms with Gasteiger partial charge in [0.2, 0.25) is 0 Å². The van der Waals surface area contributed by atoms with Gasteiger partial charge in [-0.1, -0.05) is 35.9 Å². The van der Waals surface area contributed by atoms with E-state index >= 15 is 0 Å². The van der Waals surface area contributed by atoms with Gasteiger partial charge in [0, 0.05) is 18.6 Å². The maximum absolute atomic E-state index is 13.8. The van der Waals surface area contributed by atoms with E-state index in [2.05, 4.69) is 24.3 Å². The van der Waals surface area contributed by atoms with Gasteiger partial charge in [0.05, 0.1) is 12.2 Å². The van der Waals surface area contributed by atoms with E-state index in [-0.39, 0.29) is 29.5 Å². The molecule has 0 saturated carbocycles. The van der Waals surface area contributed by atoms with Crippen LogP contribution in [0.3, 0.4) is 0 Å². The molecule has 188 valence electrons. The minimum absolute atomic E-state index is 0.133. The normalized spacial score (nSPS) is 21.9. The van der Waals surface area contributed by atoms with E-state index in [0.29, 0.717) is 30.8 Å². The largest absolute Gasteiger partial charge is 0.489 e. The molecule has 2 aromatic carbocycles. The van der Waals surface area contributed by atoms with Crippen molar-refractivity contribution in [2.45, 2.75) is 44.2 Å². The highest BCUT2D eigenvalue weighted by atomic mass is 35.5. The van der Waals surface area contributed by atoms with Gasteiger partial charge in [-0.25, -0.2) is 13.6 Å². The van der Waals surface area contributed by atoms with E-state index in [1.54, 1.807) is 0 Å². The number of fused-ring (bicyclic) bond motifs is 2. The molecule has 0 amide bonds. The summed E-state index contributed by atoms with van der Waals surface area (Å²) in [6.07, 6.45) is 3.84. The molecule has 5 nitrogen and oxygen atoms in total. The number of halogens is 3. The molecule has 2 aromatic rings. The number of benzene rings is 2. The van der Waals surface area contributed by atoms with Gasteiger partial charge in [-0.15, -0.1) is 0 Å². The molecule has 8 heteroatoms. The molecule has 2 bridgehead atoms. The van der Waals surface area contributed by atoms with Crippen molar-refractivity contribution in [3.8, 4) is 5.75 Å². The highest BCUT2D eigenvalue weighted by molar-refractivity contribution is 6.32. The Morgan fingerprint density at radius 2 is 1.86 bits per heavy atom. The third-order valence-electron chi connectivity index (χ3n) is 6.76. The third kappa shape index (κ3) is 6.02. The molecular weight excluding hydrogens is 474 g/mol. The Morgan fingerprint density at radius 3 is 2.54 bits per heavy atom. The summed E-state index contributed by atoms with van der Waals surface area (Å²) in [5, 5.41) is 13.2. The summed E-state index contributed by atoms with van der Waals surface area (Å²) in [5.74, 6) is -2.05. The minimum atomic E-state index is -0.856.